The molecule has 3 rings (SSSR count). The molecule has 0 spiro atoms. The molecule has 1 atom stereocenters. The van der Waals surface area contributed by atoms with E-state index in [9.17, 15) is 19.2 Å². The second-order valence-electron chi connectivity index (χ2n) is 7.00. The number of benzene rings is 2. The van der Waals surface area contributed by atoms with Gasteiger partial charge in [-0.25, -0.2) is 4.79 Å². The summed E-state index contributed by atoms with van der Waals surface area (Å²) in [6.07, 6.45) is 0.780. The zero-order valence-electron chi connectivity index (χ0n) is 16.5. The zero-order valence-corrected chi connectivity index (χ0v) is 18.0. The van der Waals surface area contributed by atoms with E-state index >= 15 is 0 Å². The lowest BCUT2D eigenvalue weighted by molar-refractivity contribution is -0.137. The molecular formula is C21H19Cl2N3O5. The van der Waals surface area contributed by atoms with Gasteiger partial charge in [0.05, 0.1) is 5.69 Å². The number of carboxylic acids is 1. The number of urea groups is 1. The second kappa shape index (κ2) is 9.36. The summed E-state index contributed by atoms with van der Waals surface area (Å²) >= 11 is 12.0. The maximum atomic E-state index is 13.0. The molecule has 1 heterocycles. The first-order valence-electron chi connectivity index (χ1n) is 9.28. The van der Waals surface area contributed by atoms with Crippen molar-refractivity contribution in [3.63, 3.8) is 0 Å². The van der Waals surface area contributed by atoms with Crippen molar-refractivity contribution >= 4 is 53.2 Å². The van der Waals surface area contributed by atoms with Crippen molar-refractivity contribution in [2.45, 2.75) is 12.5 Å². The molecule has 0 saturated heterocycles. The average molecular weight is 464 g/mol. The number of nitrogens with zero attached hydrogens (tertiary/aromatic N) is 3. The van der Waals surface area contributed by atoms with Gasteiger partial charge in [-0.2, -0.15) is 0 Å². The molecule has 8 nitrogen and oxygen atoms in total. The van der Waals surface area contributed by atoms with Crippen LogP contribution in [0.2, 0.25) is 10.0 Å². The zero-order chi connectivity index (χ0) is 22.7. The number of imide groups is 1. The summed E-state index contributed by atoms with van der Waals surface area (Å²) in [7, 11) is 1.38. The maximum Gasteiger partial charge on any atom is 0.327 e. The molecule has 4 amide bonds. The first-order chi connectivity index (χ1) is 14.7. The number of carbonyl (C=O) groups is 4. The first kappa shape index (κ1) is 22.6. The van der Waals surface area contributed by atoms with Crippen molar-refractivity contribution in [3.8, 4) is 0 Å². The molecule has 10 heteroatoms. The lowest BCUT2D eigenvalue weighted by Crippen LogP contribution is -2.46. The highest BCUT2D eigenvalue weighted by Gasteiger charge is 2.43. The number of carbonyl (C=O) groups excluding carboxylic acids is 3. The lowest BCUT2D eigenvalue weighted by atomic mass is 10.1. The largest absolute Gasteiger partial charge is 0.480 e. The van der Waals surface area contributed by atoms with Crippen LogP contribution in [0.5, 0.6) is 0 Å². The number of aliphatic carboxylic acids is 1. The second-order valence-corrected chi connectivity index (χ2v) is 7.87. The molecule has 0 radical (unpaired) electrons. The van der Waals surface area contributed by atoms with E-state index in [1.54, 1.807) is 18.2 Å². The number of amides is 4. The molecule has 1 unspecified atom stereocenters. The highest BCUT2D eigenvalue weighted by Crippen LogP contribution is 2.40. The quantitative estimate of drug-likeness (QED) is 0.635. The molecule has 0 saturated carbocycles. The fourth-order valence-corrected chi connectivity index (χ4v) is 3.90. The molecule has 2 aromatic carbocycles. The van der Waals surface area contributed by atoms with E-state index in [4.69, 9.17) is 28.3 Å². The molecule has 1 aliphatic heterocycles. The Hall–Kier alpha value is -3.10. The van der Waals surface area contributed by atoms with Crippen molar-refractivity contribution in [1.29, 1.82) is 0 Å². The molecule has 2 aromatic rings. The topological polar surface area (TPSA) is 98.2 Å². The fourth-order valence-electron chi connectivity index (χ4n) is 3.51. The molecule has 1 N–H and O–H groups in total. The van der Waals surface area contributed by atoms with Crippen LogP contribution in [0, 0.1) is 0 Å². The van der Waals surface area contributed by atoms with E-state index in [1.807, 2.05) is 6.07 Å². The van der Waals surface area contributed by atoms with Gasteiger partial charge in [0.1, 0.15) is 12.6 Å². The van der Waals surface area contributed by atoms with E-state index in [2.05, 4.69) is 0 Å². The Morgan fingerprint density at radius 3 is 2.52 bits per heavy atom. The maximum absolute atomic E-state index is 13.0. The number of hydrogen-bond acceptors (Lipinski definition) is 4. The van der Waals surface area contributed by atoms with Crippen LogP contribution in [0.3, 0.4) is 0 Å². The Kier molecular flexibility index (Phi) is 6.82. The molecule has 0 fully saturated rings. The molecule has 31 heavy (non-hydrogen) atoms. The monoisotopic (exact) mass is 463 g/mol. The summed E-state index contributed by atoms with van der Waals surface area (Å²) in [4.78, 5) is 52.0. The Bertz CT molecular complexity index is 1050. The van der Waals surface area contributed by atoms with Gasteiger partial charge >= 0.3 is 12.0 Å². The van der Waals surface area contributed by atoms with Crippen molar-refractivity contribution in [2.75, 3.05) is 25.0 Å². The first-order valence-corrected chi connectivity index (χ1v) is 10.0. The van der Waals surface area contributed by atoms with E-state index in [0.29, 0.717) is 34.1 Å². The van der Waals surface area contributed by atoms with Crippen LogP contribution < -0.4 is 4.90 Å². The van der Waals surface area contributed by atoms with Gasteiger partial charge in [0.15, 0.2) is 0 Å². The van der Waals surface area contributed by atoms with E-state index in [1.165, 1.54) is 25.2 Å². The summed E-state index contributed by atoms with van der Waals surface area (Å²) in [5.41, 5.74) is 1.60. The highest BCUT2D eigenvalue weighted by atomic mass is 35.5. The van der Waals surface area contributed by atoms with Crippen molar-refractivity contribution in [3.05, 3.63) is 63.6 Å². The van der Waals surface area contributed by atoms with Crippen LogP contribution in [0.25, 0.3) is 0 Å². The Labute approximate surface area is 188 Å². The van der Waals surface area contributed by atoms with Gasteiger partial charge in [-0.3, -0.25) is 24.2 Å². The van der Waals surface area contributed by atoms with Crippen LogP contribution >= 0.6 is 23.2 Å². The normalized spacial score (nSPS) is 14.9. The molecule has 0 aliphatic carbocycles. The summed E-state index contributed by atoms with van der Waals surface area (Å²) in [6, 6.07) is 9.84. The van der Waals surface area contributed by atoms with Gasteiger partial charge in [0, 0.05) is 29.2 Å². The van der Waals surface area contributed by atoms with Crippen LogP contribution in [0.1, 0.15) is 17.2 Å². The van der Waals surface area contributed by atoms with Crippen molar-refractivity contribution in [2.24, 2.45) is 0 Å². The number of carboxylic acid groups (broad SMARTS) is 1. The average Bonchev–Trinajstić information content (AvgIpc) is 2.98. The number of likely N-dealkylation sites (N-methyl/N-ethyl adjacent to an activating group) is 1. The summed E-state index contributed by atoms with van der Waals surface area (Å²) in [5.74, 6) is -1.78. The van der Waals surface area contributed by atoms with Gasteiger partial charge < -0.3 is 10.0 Å². The van der Waals surface area contributed by atoms with Gasteiger partial charge in [0.25, 0.3) is 5.91 Å². The van der Waals surface area contributed by atoms with Crippen LogP contribution in [0.15, 0.2) is 42.5 Å². The molecule has 162 valence electrons. The predicted octanol–water partition coefficient (Wildman–Crippen LogP) is 3.22. The predicted molar refractivity (Wildman–Crippen MR) is 115 cm³/mol. The molecule has 1 aliphatic rings. The molecular weight excluding hydrogens is 445 g/mol. The summed E-state index contributed by atoms with van der Waals surface area (Å²) in [6.45, 7) is -0.479. The number of fused-ring (bicyclic) bond motifs is 1. The number of rotatable bonds is 7. The van der Waals surface area contributed by atoms with Crippen LogP contribution in [-0.4, -0.2) is 59.4 Å². The van der Waals surface area contributed by atoms with Crippen molar-refractivity contribution < 1.29 is 24.3 Å². The van der Waals surface area contributed by atoms with E-state index in [0.717, 1.165) is 20.3 Å². The van der Waals surface area contributed by atoms with Gasteiger partial charge in [-0.15, -0.1) is 0 Å². The third-order valence-corrected chi connectivity index (χ3v) is 5.43. The van der Waals surface area contributed by atoms with Gasteiger partial charge in [-0.1, -0.05) is 35.3 Å². The SMILES string of the molecule is CN(C(=O)N(C=O)CCc1cccc(Cl)c1)C1C(=O)N(CC(=O)O)c2ccc(Cl)cc21. The van der Waals surface area contributed by atoms with E-state index in [-0.39, 0.29) is 6.54 Å². The van der Waals surface area contributed by atoms with Gasteiger partial charge in [-0.05, 0) is 42.3 Å². The standard InChI is InChI=1S/C21H19Cl2N3O5/c1-24(21(31)25(12-27)8-7-13-3-2-4-14(22)9-13)19-16-10-15(23)5-6-17(16)26(20(19)30)11-18(28)29/h2-6,9-10,12,19H,7-8,11H2,1H3,(H,28,29). The third kappa shape index (κ3) is 4.81. The Balaban J connectivity index is 1.82. The minimum absolute atomic E-state index is 0.0785. The fraction of sp³-hybridized carbons (Fsp3) is 0.238. The Morgan fingerprint density at radius 2 is 1.87 bits per heavy atom. The van der Waals surface area contributed by atoms with Crippen LogP contribution in [-0.2, 0) is 20.8 Å². The van der Waals surface area contributed by atoms with Gasteiger partial charge in [0.2, 0.25) is 6.41 Å². The number of anilines is 1. The third-order valence-electron chi connectivity index (χ3n) is 4.96. The number of halogens is 2. The summed E-state index contributed by atoms with van der Waals surface area (Å²) in [5, 5.41) is 10.0. The summed E-state index contributed by atoms with van der Waals surface area (Å²) < 4.78 is 0. The highest BCUT2D eigenvalue weighted by molar-refractivity contribution is 6.31. The van der Waals surface area contributed by atoms with Crippen LogP contribution in [0.4, 0.5) is 10.5 Å². The molecule has 0 aromatic heterocycles. The minimum atomic E-state index is -1.19. The number of hydrogen-bond donors (Lipinski definition) is 1. The van der Waals surface area contributed by atoms with Crippen molar-refractivity contribution in [1.82, 2.24) is 9.80 Å². The lowest BCUT2D eigenvalue weighted by Gasteiger charge is -2.28. The minimum Gasteiger partial charge on any atom is -0.480 e. The smallest absolute Gasteiger partial charge is 0.327 e. The molecule has 0 bridgehead atoms. The Morgan fingerprint density at radius 1 is 1.16 bits per heavy atom. The van der Waals surface area contributed by atoms with E-state index < -0.39 is 30.5 Å².